The van der Waals surface area contributed by atoms with Gasteiger partial charge in [-0.15, -0.1) is 0 Å². The first-order chi connectivity index (χ1) is 13.6. The number of ether oxygens (including phenoxy) is 2. The molecule has 10 heteroatoms. The van der Waals surface area contributed by atoms with Gasteiger partial charge in [-0.3, -0.25) is 9.78 Å². The van der Waals surface area contributed by atoms with Gasteiger partial charge < -0.3 is 9.47 Å². The highest BCUT2D eigenvalue weighted by molar-refractivity contribution is 6.28. The first-order valence-electron chi connectivity index (χ1n) is 7.84. The third-order valence-electron chi connectivity index (χ3n) is 3.40. The van der Waals surface area contributed by atoms with Crippen molar-refractivity contribution in [3.63, 3.8) is 0 Å². The van der Waals surface area contributed by atoms with Crippen molar-refractivity contribution >= 4 is 23.7 Å². The van der Waals surface area contributed by atoms with Gasteiger partial charge >= 0.3 is 0 Å². The summed E-state index contributed by atoms with van der Waals surface area (Å²) in [6.45, 7) is 0. The molecule has 0 saturated heterocycles. The van der Waals surface area contributed by atoms with Crippen LogP contribution in [0.25, 0.3) is 0 Å². The van der Waals surface area contributed by atoms with Crippen molar-refractivity contribution in [2.45, 2.75) is 0 Å². The predicted molar refractivity (Wildman–Crippen MR) is 99.4 cm³/mol. The summed E-state index contributed by atoms with van der Waals surface area (Å²) in [6, 6.07) is 7.91. The third-order valence-corrected chi connectivity index (χ3v) is 3.58. The molecule has 0 spiro atoms. The fraction of sp³-hybridized carbons (Fsp3) is 0.0556. The van der Waals surface area contributed by atoms with Crippen LogP contribution in [0.3, 0.4) is 0 Å². The monoisotopic (exact) mass is 401 g/mol. The molecule has 1 amide bonds. The quantitative estimate of drug-likeness (QED) is 0.387. The Hall–Kier alpha value is -3.59. The number of carbonyl (C=O) groups excluding carboxylic acids is 1. The first kappa shape index (κ1) is 19.2. The van der Waals surface area contributed by atoms with Crippen molar-refractivity contribution in [2.75, 3.05) is 7.11 Å². The van der Waals surface area contributed by atoms with Crippen LogP contribution < -0.4 is 14.9 Å². The van der Waals surface area contributed by atoms with Crippen LogP contribution >= 0.6 is 11.6 Å². The number of rotatable bonds is 6. The lowest BCUT2D eigenvalue weighted by Crippen LogP contribution is -2.17. The zero-order valence-corrected chi connectivity index (χ0v) is 15.2. The van der Waals surface area contributed by atoms with Gasteiger partial charge in [0.2, 0.25) is 11.1 Å². The standard InChI is InChI=1S/C18H13ClFN5O3/c1-27-15-8-11(9-23-25-16(26)12-4-6-21-7-5-12)2-3-14(15)28-17-13(20)10-22-18(19)24-17/h2-10H,1H3,(H,25,26)/b23-9-. The van der Waals surface area contributed by atoms with Gasteiger partial charge in [0.25, 0.3) is 11.8 Å². The lowest BCUT2D eigenvalue weighted by molar-refractivity contribution is 0.0955. The minimum Gasteiger partial charge on any atom is -0.493 e. The van der Waals surface area contributed by atoms with Crippen LogP contribution in [0.5, 0.6) is 17.4 Å². The summed E-state index contributed by atoms with van der Waals surface area (Å²) < 4.78 is 24.4. The SMILES string of the molecule is COc1cc(/C=N\NC(=O)c2ccncc2)ccc1Oc1nc(Cl)ncc1F. The van der Waals surface area contributed by atoms with E-state index in [9.17, 15) is 9.18 Å². The molecule has 3 aromatic rings. The highest BCUT2D eigenvalue weighted by atomic mass is 35.5. The summed E-state index contributed by atoms with van der Waals surface area (Å²) in [4.78, 5) is 23.0. The largest absolute Gasteiger partial charge is 0.493 e. The van der Waals surface area contributed by atoms with Gasteiger partial charge in [-0.1, -0.05) is 0 Å². The highest BCUT2D eigenvalue weighted by Gasteiger charge is 2.12. The van der Waals surface area contributed by atoms with E-state index >= 15 is 0 Å². The normalized spacial score (nSPS) is 10.7. The molecule has 0 radical (unpaired) electrons. The zero-order chi connectivity index (χ0) is 19.9. The first-order valence-corrected chi connectivity index (χ1v) is 8.22. The van der Waals surface area contributed by atoms with Crippen molar-refractivity contribution < 1.29 is 18.7 Å². The zero-order valence-electron chi connectivity index (χ0n) is 14.5. The summed E-state index contributed by atoms with van der Waals surface area (Å²) in [5.74, 6) is -0.949. The van der Waals surface area contributed by atoms with Crippen molar-refractivity contribution in [3.05, 3.63) is 71.2 Å². The van der Waals surface area contributed by atoms with Gasteiger partial charge in [-0.2, -0.15) is 14.5 Å². The van der Waals surface area contributed by atoms with Gasteiger partial charge in [0.15, 0.2) is 11.5 Å². The molecule has 0 unspecified atom stereocenters. The van der Waals surface area contributed by atoms with Crippen LogP contribution in [-0.2, 0) is 0 Å². The van der Waals surface area contributed by atoms with Crippen LogP contribution in [0.1, 0.15) is 15.9 Å². The topological polar surface area (TPSA) is 98.6 Å². The van der Waals surface area contributed by atoms with Crippen LogP contribution in [-0.4, -0.2) is 34.2 Å². The molecule has 0 aliphatic rings. The smallest absolute Gasteiger partial charge is 0.271 e. The number of nitrogens with one attached hydrogen (secondary N) is 1. The fourth-order valence-corrected chi connectivity index (χ4v) is 2.21. The Kier molecular flexibility index (Phi) is 6.07. The average Bonchev–Trinajstić information content (AvgIpc) is 2.72. The van der Waals surface area contributed by atoms with Crippen LogP contribution in [0.4, 0.5) is 4.39 Å². The molecule has 0 saturated carbocycles. The van der Waals surface area contributed by atoms with E-state index in [4.69, 9.17) is 21.1 Å². The van der Waals surface area contributed by atoms with Crippen molar-refractivity contribution in [1.29, 1.82) is 0 Å². The molecule has 2 heterocycles. The molecule has 142 valence electrons. The molecule has 8 nitrogen and oxygen atoms in total. The lowest BCUT2D eigenvalue weighted by atomic mass is 10.2. The number of hydrogen-bond donors (Lipinski definition) is 1. The molecule has 0 aliphatic carbocycles. The molecule has 0 bridgehead atoms. The van der Waals surface area contributed by atoms with E-state index in [1.54, 1.807) is 30.3 Å². The van der Waals surface area contributed by atoms with E-state index in [1.165, 1.54) is 25.7 Å². The van der Waals surface area contributed by atoms with Crippen molar-refractivity contribution in [3.8, 4) is 17.4 Å². The van der Waals surface area contributed by atoms with E-state index < -0.39 is 5.82 Å². The maximum Gasteiger partial charge on any atom is 0.271 e. The molecular weight excluding hydrogens is 389 g/mol. The van der Waals surface area contributed by atoms with E-state index in [0.29, 0.717) is 16.9 Å². The van der Waals surface area contributed by atoms with Gasteiger partial charge in [0.05, 0.1) is 19.5 Å². The van der Waals surface area contributed by atoms with E-state index in [-0.39, 0.29) is 22.8 Å². The lowest BCUT2D eigenvalue weighted by Gasteiger charge is -2.10. The molecule has 3 rings (SSSR count). The molecule has 2 aromatic heterocycles. The van der Waals surface area contributed by atoms with Gasteiger partial charge in [0.1, 0.15) is 0 Å². The Morgan fingerprint density at radius 2 is 2.04 bits per heavy atom. The number of nitrogens with zero attached hydrogens (tertiary/aromatic N) is 4. The number of amides is 1. The highest BCUT2D eigenvalue weighted by Crippen LogP contribution is 2.32. The second-order valence-corrected chi connectivity index (χ2v) is 5.58. The van der Waals surface area contributed by atoms with Gasteiger partial charge in [0, 0.05) is 18.0 Å². The molecular formula is C18H13ClFN5O3. The number of aromatic nitrogens is 3. The Labute approximate surface area is 164 Å². The van der Waals surface area contributed by atoms with Gasteiger partial charge in [-0.05, 0) is 47.5 Å². The summed E-state index contributed by atoms with van der Waals surface area (Å²) in [6.07, 6.45) is 5.35. The van der Waals surface area contributed by atoms with Crippen molar-refractivity contribution in [2.24, 2.45) is 5.10 Å². The minimum absolute atomic E-state index is 0.149. The summed E-state index contributed by atoms with van der Waals surface area (Å²) >= 11 is 5.65. The number of carbonyl (C=O) groups is 1. The second kappa shape index (κ2) is 8.87. The molecule has 28 heavy (non-hydrogen) atoms. The molecule has 1 N–H and O–H groups in total. The number of methoxy groups -OCH3 is 1. The number of hydrazone groups is 1. The molecule has 0 aliphatic heterocycles. The second-order valence-electron chi connectivity index (χ2n) is 5.24. The fourth-order valence-electron chi connectivity index (χ4n) is 2.09. The van der Waals surface area contributed by atoms with Crippen molar-refractivity contribution in [1.82, 2.24) is 20.4 Å². The summed E-state index contributed by atoms with van der Waals surface area (Å²) in [7, 11) is 1.43. The number of benzene rings is 1. The van der Waals surface area contributed by atoms with Gasteiger partial charge in [-0.25, -0.2) is 10.4 Å². The molecule has 0 atom stereocenters. The maximum absolute atomic E-state index is 13.7. The van der Waals surface area contributed by atoms with Crippen LogP contribution in [0.2, 0.25) is 5.28 Å². The molecule has 0 fully saturated rings. The Morgan fingerprint density at radius 1 is 1.25 bits per heavy atom. The Bertz CT molecular complexity index is 1020. The van der Waals surface area contributed by atoms with E-state index in [0.717, 1.165) is 6.20 Å². The number of pyridine rings is 1. The Morgan fingerprint density at radius 3 is 2.79 bits per heavy atom. The number of hydrogen-bond acceptors (Lipinski definition) is 7. The van der Waals surface area contributed by atoms with Crippen LogP contribution in [0, 0.1) is 5.82 Å². The predicted octanol–water partition coefficient (Wildman–Crippen LogP) is 3.23. The number of halogens is 2. The average molecular weight is 402 g/mol. The molecule has 1 aromatic carbocycles. The van der Waals surface area contributed by atoms with E-state index in [2.05, 4.69) is 25.5 Å². The van der Waals surface area contributed by atoms with Crippen LogP contribution in [0.15, 0.2) is 54.0 Å². The summed E-state index contributed by atoms with van der Waals surface area (Å²) in [5.41, 5.74) is 3.44. The van der Waals surface area contributed by atoms with E-state index in [1.807, 2.05) is 0 Å². The maximum atomic E-state index is 13.7. The Balaban J connectivity index is 1.72. The summed E-state index contributed by atoms with van der Waals surface area (Å²) in [5, 5.41) is 3.74. The minimum atomic E-state index is -0.768. The third kappa shape index (κ3) is 4.77.